The van der Waals surface area contributed by atoms with Crippen molar-refractivity contribution >= 4 is 11.7 Å². The summed E-state index contributed by atoms with van der Waals surface area (Å²) in [6, 6.07) is 10.5. The number of hydrogen-bond donors (Lipinski definition) is 1. The number of nitrogens with one attached hydrogen (secondary N) is 1. The molecule has 6 nitrogen and oxygen atoms in total. The first-order valence-electron chi connectivity index (χ1n) is 11.3. The van der Waals surface area contributed by atoms with Crippen molar-refractivity contribution in [2.24, 2.45) is 0 Å². The number of benzene rings is 1. The highest BCUT2D eigenvalue weighted by atomic mass is 16.5. The van der Waals surface area contributed by atoms with Crippen molar-refractivity contribution in [2.45, 2.75) is 70.4 Å². The number of methoxy groups -OCH3 is 1. The molecule has 31 heavy (non-hydrogen) atoms. The van der Waals surface area contributed by atoms with Crippen molar-refractivity contribution in [1.82, 2.24) is 14.9 Å². The number of piperidine rings is 1. The van der Waals surface area contributed by atoms with Gasteiger partial charge in [0, 0.05) is 42.8 Å². The fourth-order valence-corrected chi connectivity index (χ4v) is 4.84. The van der Waals surface area contributed by atoms with Crippen LogP contribution in [0, 0.1) is 0 Å². The molecule has 166 valence electrons. The van der Waals surface area contributed by atoms with Gasteiger partial charge in [0.05, 0.1) is 5.69 Å². The maximum absolute atomic E-state index is 12.9. The van der Waals surface area contributed by atoms with Crippen LogP contribution in [-0.2, 0) is 21.4 Å². The van der Waals surface area contributed by atoms with E-state index in [0.29, 0.717) is 6.04 Å². The highest BCUT2D eigenvalue weighted by Gasteiger charge is 2.46. The summed E-state index contributed by atoms with van der Waals surface area (Å²) in [4.78, 5) is 24.9. The number of nitrogens with zero attached hydrogens (tertiary/aromatic N) is 3. The number of likely N-dealkylation sites (tertiary alicyclic amines) is 1. The van der Waals surface area contributed by atoms with Crippen LogP contribution in [0.3, 0.4) is 0 Å². The van der Waals surface area contributed by atoms with Gasteiger partial charge in [0.15, 0.2) is 5.82 Å². The summed E-state index contributed by atoms with van der Waals surface area (Å²) >= 11 is 0. The van der Waals surface area contributed by atoms with Crippen LogP contribution in [0.2, 0.25) is 0 Å². The van der Waals surface area contributed by atoms with Gasteiger partial charge in [-0.3, -0.25) is 4.79 Å². The van der Waals surface area contributed by atoms with Gasteiger partial charge in [0.25, 0.3) is 5.91 Å². The van der Waals surface area contributed by atoms with Crippen molar-refractivity contribution in [2.75, 3.05) is 25.5 Å². The molecule has 2 heterocycles. The van der Waals surface area contributed by atoms with E-state index < -0.39 is 5.60 Å². The zero-order valence-corrected chi connectivity index (χ0v) is 19.4. The Morgan fingerprint density at radius 2 is 1.81 bits per heavy atom. The van der Waals surface area contributed by atoms with Gasteiger partial charge >= 0.3 is 0 Å². The van der Waals surface area contributed by atoms with Crippen LogP contribution >= 0.6 is 0 Å². The van der Waals surface area contributed by atoms with Crippen LogP contribution in [0.15, 0.2) is 30.3 Å². The minimum atomic E-state index is -0.783. The molecule has 1 spiro atoms. The van der Waals surface area contributed by atoms with Crippen LogP contribution in [0.5, 0.6) is 0 Å². The molecule has 1 aliphatic heterocycles. The summed E-state index contributed by atoms with van der Waals surface area (Å²) in [6.07, 6.45) is 3.91. The topological polar surface area (TPSA) is 67.3 Å². The number of rotatable bonds is 5. The monoisotopic (exact) mass is 422 g/mol. The summed E-state index contributed by atoms with van der Waals surface area (Å²) in [5.74, 6) is 1.82. The minimum Gasteiger partial charge on any atom is -0.369 e. The van der Waals surface area contributed by atoms with Gasteiger partial charge in [-0.05, 0) is 53.4 Å². The number of aromatic nitrogens is 2. The Morgan fingerprint density at radius 3 is 2.42 bits per heavy atom. The zero-order chi connectivity index (χ0) is 22.2. The zero-order valence-electron chi connectivity index (χ0n) is 19.4. The molecule has 2 aliphatic rings. The van der Waals surface area contributed by atoms with Crippen molar-refractivity contribution in [3.8, 4) is 11.4 Å². The van der Waals surface area contributed by atoms with Gasteiger partial charge < -0.3 is 15.0 Å². The van der Waals surface area contributed by atoms with Gasteiger partial charge in [-0.25, -0.2) is 9.97 Å². The van der Waals surface area contributed by atoms with E-state index >= 15 is 0 Å². The lowest BCUT2D eigenvalue weighted by Crippen LogP contribution is -2.51. The molecule has 1 aromatic heterocycles. The van der Waals surface area contributed by atoms with Gasteiger partial charge in [-0.15, -0.1) is 0 Å². The SMILES string of the molecule is COC(C)(C)C(=O)N1CCC2(CCc3c(NC(C)C)nc(-c4ccccc4)nc32)CC1. The number of ether oxygens (including phenoxy) is 1. The fourth-order valence-electron chi connectivity index (χ4n) is 4.84. The van der Waals surface area contributed by atoms with E-state index in [9.17, 15) is 4.79 Å². The highest BCUT2D eigenvalue weighted by molar-refractivity contribution is 5.84. The van der Waals surface area contributed by atoms with Crippen molar-refractivity contribution in [3.63, 3.8) is 0 Å². The Balaban J connectivity index is 1.67. The molecular weight excluding hydrogens is 388 g/mol. The minimum absolute atomic E-state index is 0.0171. The summed E-state index contributed by atoms with van der Waals surface area (Å²) in [7, 11) is 1.60. The second kappa shape index (κ2) is 8.23. The van der Waals surface area contributed by atoms with Gasteiger partial charge in [-0.2, -0.15) is 0 Å². The van der Waals surface area contributed by atoms with Crippen LogP contribution < -0.4 is 5.32 Å². The molecule has 1 aromatic carbocycles. The molecule has 1 fully saturated rings. The molecule has 1 aliphatic carbocycles. The molecule has 0 saturated carbocycles. The van der Waals surface area contributed by atoms with Crippen LogP contribution in [0.1, 0.15) is 58.2 Å². The van der Waals surface area contributed by atoms with E-state index in [4.69, 9.17) is 14.7 Å². The second-order valence-corrected chi connectivity index (χ2v) is 9.68. The lowest BCUT2D eigenvalue weighted by Gasteiger charge is -2.41. The van der Waals surface area contributed by atoms with E-state index in [0.717, 1.165) is 56.0 Å². The number of carbonyl (C=O) groups is 1. The van der Waals surface area contributed by atoms with E-state index in [2.05, 4.69) is 31.3 Å². The second-order valence-electron chi connectivity index (χ2n) is 9.68. The van der Waals surface area contributed by atoms with Crippen LogP contribution in [-0.4, -0.2) is 52.6 Å². The first-order chi connectivity index (χ1) is 14.8. The van der Waals surface area contributed by atoms with E-state index in [1.165, 1.54) is 11.3 Å². The average molecular weight is 423 g/mol. The van der Waals surface area contributed by atoms with E-state index in [1.807, 2.05) is 36.9 Å². The quantitative estimate of drug-likeness (QED) is 0.782. The molecule has 1 saturated heterocycles. The Bertz CT molecular complexity index is 947. The Hall–Kier alpha value is -2.47. The van der Waals surface area contributed by atoms with Crippen molar-refractivity contribution in [1.29, 1.82) is 0 Å². The Kier molecular flexibility index (Phi) is 5.77. The molecule has 2 aromatic rings. The third-order valence-electron chi connectivity index (χ3n) is 6.85. The largest absolute Gasteiger partial charge is 0.369 e. The molecule has 6 heteroatoms. The van der Waals surface area contributed by atoms with Crippen molar-refractivity contribution in [3.05, 3.63) is 41.6 Å². The van der Waals surface area contributed by atoms with Crippen LogP contribution in [0.25, 0.3) is 11.4 Å². The standard InChI is InChI=1S/C25H34N4O2/c1-17(2)26-22-19-11-12-25(13-15-29(16-14-25)23(30)24(3,4)31-5)20(19)27-21(28-22)18-9-7-6-8-10-18/h6-10,17H,11-16H2,1-5H3,(H,26,27,28). The molecule has 0 atom stereocenters. The normalized spacial score (nSPS) is 17.8. The summed E-state index contributed by atoms with van der Waals surface area (Å²) < 4.78 is 5.42. The number of amides is 1. The molecule has 1 N–H and O–H groups in total. The molecule has 1 amide bonds. The Labute approximate surface area is 185 Å². The van der Waals surface area contributed by atoms with E-state index in [1.54, 1.807) is 7.11 Å². The highest BCUT2D eigenvalue weighted by Crippen LogP contribution is 2.47. The summed E-state index contributed by atoms with van der Waals surface area (Å²) in [5.41, 5.74) is 2.71. The fraction of sp³-hybridized carbons (Fsp3) is 0.560. The lowest BCUT2D eigenvalue weighted by atomic mass is 9.76. The molecular formula is C25H34N4O2. The number of anilines is 1. The van der Waals surface area contributed by atoms with Gasteiger partial charge in [0.1, 0.15) is 11.4 Å². The summed E-state index contributed by atoms with van der Waals surface area (Å²) in [5, 5.41) is 3.56. The first kappa shape index (κ1) is 21.8. The first-order valence-corrected chi connectivity index (χ1v) is 11.3. The molecule has 0 unspecified atom stereocenters. The summed E-state index contributed by atoms with van der Waals surface area (Å²) in [6.45, 7) is 9.44. The van der Waals surface area contributed by atoms with Crippen LogP contribution in [0.4, 0.5) is 5.82 Å². The van der Waals surface area contributed by atoms with Gasteiger partial charge in [0.2, 0.25) is 0 Å². The maximum Gasteiger partial charge on any atom is 0.254 e. The molecule has 0 radical (unpaired) electrons. The van der Waals surface area contributed by atoms with Gasteiger partial charge in [-0.1, -0.05) is 30.3 Å². The lowest BCUT2D eigenvalue weighted by molar-refractivity contribution is -0.152. The third-order valence-corrected chi connectivity index (χ3v) is 6.85. The molecule has 0 bridgehead atoms. The number of hydrogen-bond acceptors (Lipinski definition) is 5. The third kappa shape index (κ3) is 4.05. The van der Waals surface area contributed by atoms with E-state index in [-0.39, 0.29) is 11.3 Å². The molecule has 4 rings (SSSR count). The van der Waals surface area contributed by atoms with Crippen molar-refractivity contribution < 1.29 is 9.53 Å². The number of fused-ring (bicyclic) bond motifs is 2. The predicted octanol–water partition coefficient (Wildman–Crippen LogP) is 4.20. The average Bonchev–Trinajstić information content (AvgIpc) is 3.12. The smallest absolute Gasteiger partial charge is 0.254 e. The number of carbonyl (C=O) groups excluding carboxylic acids is 1. The Morgan fingerprint density at radius 1 is 1.13 bits per heavy atom. The maximum atomic E-state index is 12.9. The predicted molar refractivity (Wildman–Crippen MR) is 123 cm³/mol.